The van der Waals surface area contributed by atoms with Crippen molar-refractivity contribution in [2.75, 3.05) is 0 Å². The molecule has 1 nitrogen and oxygen atoms in total. The van der Waals surface area contributed by atoms with Gasteiger partial charge < -0.3 is 5.11 Å². The van der Waals surface area contributed by atoms with Crippen molar-refractivity contribution in [2.45, 2.75) is 51.6 Å². The van der Waals surface area contributed by atoms with Gasteiger partial charge in [-0.2, -0.15) is 0 Å². The minimum atomic E-state index is -0.599. The summed E-state index contributed by atoms with van der Waals surface area (Å²) in [5.41, 5.74) is 1.91. The van der Waals surface area contributed by atoms with Crippen LogP contribution in [0.1, 0.15) is 57.1 Å². The summed E-state index contributed by atoms with van der Waals surface area (Å²) < 4.78 is 0. The zero-order valence-electron chi connectivity index (χ0n) is 10.5. The molecule has 0 radical (unpaired) electrons. The predicted octanol–water partition coefficient (Wildman–Crippen LogP) is 3.82. The van der Waals surface area contributed by atoms with E-state index >= 15 is 0 Å². The summed E-state index contributed by atoms with van der Waals surface area (Å²) in [5.74, 6) is 0.918. The van der Waals surface area contributed by atoms with Gasteiger partial charge in [-0.3, -0.25) is 0 Å². The van der Waals surface area contributed by atoms with E-state index in [0.29, 0.717) is 11.8 Å². The molecule has 0 heterocycles. The van der Waals surface area contributed by atoms with Crippen molar-refractivity contribution in [3.63, 3.8) is 0 Å². The Morgan fingerprint density at radius 2 is 2.12 bits per heavy atom. The molecule has 0 saturated heterocycles. The van der Waals surface area contributed by atoms with Crippen molar-refractivity contribution in [2.24, 2.45) is 5.92 Å². The first-order chi connectivity index (χ1) is 7.59. The highest BCUT2D eigenvalue weighted by molar-refractivity contribution is 5.37. The van der Waals surface area contributed by atoms with Crippen LogP contribution in [0.15, 0.2) is 24.3 Å². The maximum absolute atomic E-state index is 10.9. The van der Waals surface area contributed by atoms with Crippen LogP contribution in [0.25, 0.3) is 0 Å². The summed E-state index contributed by atoms with van der Waals surface area (Å²) in [6.07, 6.45) is 3.03. The molecule has 1 aliphatic rings. The molecule has 3 unspecified atom stereocenters. The molecule has 16 heavy (non-hydrogen) atoms. The minimum Gasteiger partial charge on any atom is -0.385 e. The number of aliphatic hydroxyl groups is 1. The summed E-state index contributed by atoms with van der Waals surface area (Å²) >= 11 is 0. The SMILES string of the molecule is CCC(C)C1(O)CCC(C)c2ccccc21. The van der Waals surface area contributed by atoms with Crippen LogP contribution in [-0.2, 0) is 5.60 Å². The molecule has 0 fully saturated rings. The number of rotatable bonds is 2. The molecule has 0 saturated carbocycles. The Hall–Kier alpha value is -0.820. The molecule has 88 valence electrons. The third-order valence-corrected chi connectivity index (χ3v) is 4.34. The van der Waals surface area contributed by atoms with Crippen LogP contribution < -0.4 is 0 Å². The van der Waals surface area contributed by atoms with Gasteiger partial charge in [-0.1, -0.05) is 51.5 Å². The van der Waals surface area contributed by atoms with E-state index in [1.807, 2.05) is 6.07 Å². The van der Waals surface area contributed by atoms with E-state index in [1.54, 1.807) is 0 Å². The van der Waals surface area contributed by atoms with Gasteiger partial charge >= 0.3 is 0 Å². The van der Waals surface area contributed by atoms with Crippen LogP contribution in [0.2, 0.25) is 0 Å². The second kappa shape index (κ2) is 4.21. The molecule has 0 bridgehead atoms. The first-order valence-corrected chi connectivity index (χ1v) is 6.41. The summed E-state index contributed by atoms with van der Waals surface area (Å²) in [6, 6.07) is 8.41. The Morgan fingerprint density at radius 3 is 2.81 bits per heavy atom. The Bertz CT molecular complexity index is 371. The highest BCUT2D eigenvalue weighted by Gasteiger charge is 2.40. The normalized spacial score (nSPS) is 30.9. The molecule has 1 aromatic carbocycles. The Kier molecular flexibility index (Phi) is 3.07. The second-order valence-corrected chi connectivity index (χ2v) is 5.26. The standard InChI is InChI=1S/C15H22O/c1-4-12(3)15(16)10-9-11(2)13-7-5-6-8-14(13)15/h5-8,11-12,16H,4,9-10H2,1-3H3. The molecular weight excluding hydrogens is 196 g/mol. The third-order valence-electron chi connectivity index (χ3n) is 4.34. The van der Waals surface area contributed by atoms with Gasteiger partial charge in [-0.15, -0.1) is 0 Å². The fourth-order valence-electron chi connectivity index (χ4n) is 2.90. The van der Waals surface area contributed by atoms with E-state index in [2.05, 4.69) is 39.0 Å². The van der Waals surface area contributed by atoms with Gasteiger partial charge in [0.15, 0.2) is 0 Å². The zero-order chi connectivity index (χ0) is 11.8. The fourth-order valence-corrected chi connectivity index (χ4v) is 2.90. The molecule has 0 aromatic heterocycles. The second-order valence-electron chi connectivity index (χ2n) is 5.26. The highest BCUT2D eigenvalue weighted by atomic mass is 16.3. The van der Waals surface area contributed by atoms with Crippen molar-refractivity contribution >= 4 is 0 Å². The van der Waals surface area contributed by atoms with E-state index in [9.17, 15) is 5.11 Å². The topological polar surface area (TPSA) is 20.2 Å². The Labute approximate surface area is 98.5 Å². The Balaban J connectivity index is 2.49. The molecule has 1 heteroatoms. The van der Waals surface area contributed by atoms with Crippen LogP contribution in [0.3, 0.4) is 0 Å². The van der Waals surface area contributed by atoms with E-state index in [1.165, 1.54) is 11.1 Å². The average molecular weight is 218 g/mol. The van der Waals surface area contributed by atoms with Gasteiger partial charge in [0.2, 0.25) is 0 Å². The largest absolute Gasteiger partial charge is 0.385 e. The van der Waals surface area contributed by atoms with Crippen LogP contribution in [0.4, 0.5) is 0 Å². The lowest BCUT2D eigenvalue weighted by atomic mass is 9.68. The number of hydrogen-bond donors (Lipinski definition) is 1. The maximum atomic E-state index is 10.9. The molecule has 0 aliphatic heterocycles. The maximum Gasteiger partial charge on any atom is 0.0924 e. The quantitative estimate of drug-likeness (QED) is 0.800. The van der Waals surface area contributed by atoms with Crippen LogP contribution >= 0.6 is 0 Å². The van der Waals surface area contributed by atoms with Crippen molar-refractivity contribution in [1.82, 2.24) is 0 Å². The summed E-state index contributed by atoms with van der Waals surface area (Å²) in [7, 11) is 0. The zero-order valence-corrected chi connectivity index (χ0v) is 10.5. The van der Waals surface area contributed by atoms with Gasteiger partial charge in [0.1, 0.15) is 0 Å². The third kappa shape index (κ3) is 1.67. The minimum absolute atomic E-state index is 0.334. The van der Waals surface area contributed by atoms with E-state index in [0.717, 1.165) is 19.3 Å². The lowest BCUT2D eigenvalue weighted by Crippen LogP contribution is -2.37. The van der Waals surface area contributed by atoms with Crippen molar-refractivity contribution in [3.05, 3.63) is 35.4 Å². The van der Waals surface area contributed by atoms with Gasteiger partial charge in [-0.05, 0) is 35.8 Å². The molecule has 1 N–H and O–H groups in total. The van der Waals surface area contributed by atoms with E-state index < -0.39 is 5.60 Å². The highest BCUT2D eigenvalue weighted by Crippen LogP contribution is 2.45. The summed E-state index contributed by atoms with van der Waals surface area (Å²) in [4.78, 5) is 0. The summed E-state index contributed by atoms with van der Waals surface area (Å²) in [6.45, 7) is 6.57. The van der Waals surface area contributed by atoms with Crippen molar-refractivity contribution < 1.29 is 5.11 Å². The molecular formula is C15H22O. The molecule has 2 rings (SSSR count). The van der Waals surface area contributed by atoms with Crippen LogP contribution in [0.5, 0.6) is 0 Å². The molecule has 1 aliphatic carbocycles. The molecule has 0 amide bonds. The van der Waals surface area contributed by atoms with Crippen LogP contribution in [0, 0.1) is 5.92 Å². The van der Waals surface area contributed by atoms with Crippen molar-refractivity contribution in [1.29, 1.82) is 0 Å². The number of hydrogen-bond acceptors (Lipinski definition) is 1. The lowest BCUT2D eigenvalue weighted by molar-refractivity contribution is -0.0365. The number of fused-ring (bicyclic) bond motifs is 1. The van der Waals surface area contributed by atoms with Gasteiger partial charge in [-0.25, -0.2) is 0 Å². The smallest absolute Gasteiger partial charge is 0.0924 e. The molecule has 3 atom stereocenters. The predicted molar refractivity (Wildman–Crippen MR) is 67.4 cm³/mol. The van der Waals surface area contributed by atoms with E-state index in [4.69, 9.17) is 0 Å². The van der Waals surface area contributed by atoms with Gasteiger partial charge in [0.25, 0.3) is 0 Å². The van der Waals surface area contributed by atoms with E-state index in [-0.39, 0.29) is 0 Å². The lowest BCUT2D eigenvalue weighted by Gasteiger charge is -2.41. The molecule has 1 aromatic rings. The first-order valence-electron chi connectivity index (χ1n) is 6.41. The molecule has 0 spiro atoms. The first kappa shape index (κ1) is 11.7. The fraction of sp³-hybridized carbons (Fsp3) is 0.600. The monoisotopic (exact) mass is 218 g/mol. The van der Waals surface area contributed by atoms with Crippen LogP contribution in [-0.4, -0.2) is 5.11 Å². The average Bonchev–Trinajstić information content (AvgIpc) is 2.33. The van der Waals surface area contributed by atoms with Crippen molar-refractivity contribution in [3.8, 4) is 0 Å². The van der Waals surface area contributed by atoms with Gasteiger partial charge in [0, 0.05) is 0 Å². The number of benzene rings is 1. The summed E-state index contributed by atoms with van der Waals surface area (Å²) in [5, 5.41) is 10.9. The van der Waals surface area contributed by atoms with Gasteiger partial charge in [0.05, 0.1) is 5.60 Å². The Morgan fingerprint density at radius 1 is 1.44 bits per heavy atom.